The van der Waals surface area contributed by atoms with Crippen LogP contribution >= 0.6 is 11.3 Å². The van der Waals surface area contributed by atoms with E-state index in [1.165, 1.54) is 34.5 Å². The maximum absolute atomic E-state index is 13.5. The van der Waals surface area contributed by atoms with Crippen molar-refractivity contribution in [3.8, 4) is 0 Å². The molecular formula is C21H21FN6O3S. The average molecular weight is 457 g/mol. The average Bonchev–Trinajstić information content (AvgIpc) is 3.39. The standard InChI is InChI=1S/C21H21FN6O3S/c1-4-31-19(30)17-13(3)27(10-16(29)26-20-23-9-12(2)32-20)21-24-11-25-28(21)18(17)14-5-7-15(22)8-6-14/h5-9,11,18H,4,10H2,1-3H3,(H,23,26,29)/t18-/m1/s1. The lowest BCUT2D eigenvalue weighted by Gasteiger charge is -2.34. The molecule has 1 aliphatic rings. The van der Waals surface area contributed by atoms with Crippen LogP contribution in [0.25, 0.3) is 0 Å². The molecule has 32 heavy (non-hydrogen) atoms. The summed E-state index contributed by atoms with van der Waals surface area (Å²) in [5.74, 6) is -0.869. The second kappa shape index (κ2) is 8.87. The summed E-state index contributed by atoms with van der Waals surface area (Å²) >= 11 is 1.37. The molecule has 0 fully saturated rings. The smallest absolute Gasteiger partial charge is 0.338 e. The third-order valence-corrected chi connectivity index (χ3v) is 5.79. The third kappa shape index (κ3) is 4.11. The van der Waals surface area contributed by atoms with Crippen molar-refractivity contribution < 1.29 is 18.7 Å². The molecule has 0 bridgehead atoms. The number of aryl methyl sites for hydroxylation is 1. The predicted molar refractivity (Wildman–Crippen MR) is 117 cm³/mol. The second-order valence-corrected chi connectivity index (χ2v) is 8.32. The lowest BCUT2D eigenvalue weighted by Crippen LogP contribution is -2.40. The zero-order valence-corrected chi connectivity index (χ0v) is 18.5. The largest absolute Gasteiger partial charge is 0.463 e. The number of fused-ring (bicyclic) bond motifs is 1. The summed E-state index contributed by atoms with van der Waals surface area (Å²) in [5.41, 5.74) is 1.45. The van der Waals surface area contributed by atoms with Gasteiger partial charge in [-0.25, -0.2) is 18.9 Å². The summed E-state index contributed by atoms with van der Waals surface area (Å²) < 4.78 is 20.4. The lowest BCUT2D eigenvalue weighted by molar-refractivity contribution is -0.139. The van der Waals surface area contributed by atoms with Gasteiger partial charge >= 0.3 is 5.97 Å². The van der Waals surface area contributed by atoms with Crippen LogP contribution in [-0.2, 0) is 14.3 Å². The lowest BCUT2D eigenvalue weighted by atomic mass is 9.95. The molecule has 1 aromatic carbocycles. The van der Waals surface area contributed by atoms with Crippen LogP contribution in [0.2, 0.25) is 0 Å². The molecule has 2 aromatic heterocycles. The molecule has 0 aliphatic carbocycles. The number of anilines is 2. The zero-order valence-electron chi connectivity index (χ0n) is 17.7. The number of hydrogen-bond acceptors (Lipinski definition) is 8. The Balaban J connectivity index is 1.73. The molecule has 4 rings (SSSR count). The van der Waals surface area contributed by atoms with Gasteiger partial charge in [-0.2, -0.15) is 10.1 Å². The van der Waals surface area contributed by atoms with Crippen molar-refractivity contribution in [3.63, 3.8) is 0 Å². The van der Waals surface area contributed by atoms with Crippen LogP contribution in [0.3, 0.4) is 0 Å². The van der Waals surface area contributed by atoms with Crippen LogP contribution in [0, 0.1) is 12.7 Å². The maximum Gasteiger partial charge on any atom is 0.338 e. The Morgan fingerprint density at radius 1 is 1.22 bits per heavy atom. The number of nitrogens with one attached hydrogen (secondary N) is 1. The molecule has 1 aliphatic heterocycles. The molecule has 11 heteroatoms. The van der Waals surface area contributed by atoms with E-state index in [9.17, 15) is 14.0 Å². The molecule has 3 aromatic rings. The van der Waals surface area contributed by atoms with Crippen molar-refractivity contribution in [3.05, 3.63) is 64.3 Å². The van der Waals surface area contributed by atoms with Crippen LogP contribution in [0.15, 0.2) is 48.1 Å². The van der Waals surface area contributed by atoms with Crippen LogP contribution in [0.5, 0.6) is 0 Å². The number of esters is 1. The highest BCUT2D eigenvalue weighted by Crippen LogP contribution is 2.38. The first-order valence-corrected chi connectivity index (χ1v) is 10.7. The molecule has 1 amide bonds. The van der Waals surface area contributed by atoms with E-state index in [1.54, 1.807) is 37.1 Å². The van der Waals surface area contributed by atoms with Gasteiger partial charge in [0, 0.05) is 16.8 Å². The van der Waals surface area contributed by atoms with Crippen LogP contribution in [0.1, 0.15) is 30.3 Å². The van der Waals surface area contributed by atoms with Crippen molar-refractivity contribution >= 4 is 34.3 Å². The summed E-state index contributed by atoms with van der Waals surface area (Å²) in [5, 5.41) is 7.54. The van der Waals surface area contributed by atoms with Gasteiger partial charge in [0.1, 0.15) is 24.7 Å². The Kier molecular flexibility index (Phi) is 5.99. The summed E-state index contributed by atoms with van der Waals surface area (Å²) in [4.78, 5) is 36.7. The number of allylic oxidation sites excluding steroid dienone is 1. The molecule has 3 heterocycles. The Labute approximate surface area is 187 Å². The normalized spacial score (nSPS) is 15.5. The first kappa shape index (κ1) is 21.6. The fourth-order valence-corrected chi connectivity index (χ4v) is 4.24. The molecule has 0 unspecified atom stereocenters. The Morgan fingerprint density at radius 3 is 2.62 bits per heavy atom. The number of aromatic nitrogens is 4. The molecule has 0 saturated heterocycles. The van der Waals surface area contributed by atoms with Crippen molar-refractivity contribution in [2.75, 3.05) is 23.4 Å². The van der Waals surface area contributed by atoms with Crippen LogP contribution in [0.4, 0.5) is 15.5 Å². The highest BCUT2D eigenvalue weighted by atomic mass is 32.1. The molecule has 9 nitrogen and oxygen atoms in total. The topological polar surface area (TPSA) is 102 Å². The highest BCUT2D eigenvalue weighted by Gasteiger charge is 2.38. The molecule has 0 saturated carbocycles. The van der Waals surface area contributed by atoms with E-state index in [2.05, 4.69) is 20.4 Å². The maximum atomic E-state index is 13.5. The minimum atomic E-state index is -0.673. The minimum absolute atomic E-state index is 0.109. The van der Waals surface area contributed by atoms with E-state index in [4.69, 9.17) is 4.74 Å². The van der Waals surface area contributed by atoms with Gasteiger partial charge in [0.25, 0.3) is 0 Å². The molecule has 0 radical (unpaired) electrons. The van der Waals surface area contributed by atoms with E-state index in [0.29, 0.717) is 27.9 Å². The quantitative estimate of drug-likeness (QED) is 0.569. The number of rotatable bonds is 6. The molecular weight excluding hydrogens is 435 g/mol. The van der Waals surface area contributed by atoms with Crippen molar-refractivity contribution in [1.29, 1.82) is 0 Å². The van der Waals surface area contributed by atoms with E-state index < -0.39 is 17.8 Å². The van der Waals surface area contributed by atoms with E-state index >= 15 is 0 Å². The Hall–Kier alpha value is -3.60. The van der Waals surface area contributed by atoms with E-state index in [0.717, 1.165) is 4.88 Å². The number of carbonyl (C=O) groups is 2. The Bertz CT molecular complexity index is 1190. The number of carbonyl (C=O) groups excluding carboxylic acids is 2. The number of hydrogen-bond donors (Lipinski definition) is 1. The number of ether oxygens (including phenoxy) is 1. The van der Waals surface area contributed by atoms with Crippen LogP contribution in [-0.4, -0.2) is 44.8 Å². The number of nitrogens with zero attached hydrogens (tertiary/aromatic N) is 5. The first-order chi connectivity index (χ1) is 15.4. The summed E-state index contributed by atoms with van der Waals surface area (Å²) in [6.45, 7) is 5.41. The number of halogens is 1. The van der Waals surface area contributed by atoms with Gasteiger partial charge in [-0.15, -0.1) is 11.3 Å². The second-order valence-electron chi connectivity index (χ2n) is 7.09. The first-order valence-electron chi connectivity index (χ1n) is 9.91. The van der Waals surface area contributed by atoms with Crippen molar-refractivity contribution in [2.24, 2.45) is 0 Å². The van der Waals surface area contributed by atoms with Gasteiger partial charge in [-0.1, -0.05) is 12.1 Å². The number of thiazole rings is 1. The predicted octanol–water partition coefficient (Wildman–Crippen LogP) is 3.07. The van der Waals surface area contributed by atoms with Gasteiger partial charge in [0.15, 0.2) is 5.13 Å². The highest BCUT2D eigenvalue weighted by molar-refractivity contribution is 7.15. The van der Waals surface area contributed by atoms with Gasteiger partial charge in [-0.05, 0) is 38.5 Å². The number of benzene rings is 1. The molecule has 166 valence electrons. The van der Waals surface area contributed by atoms with E-state index in [1.807, 2.05) is 6.92 Å². The fourth-order valence-electron chi connectivity index (χ4n) is 3.56. The summed E-state index contributed by atoms with van der Waals surface area (Å²) in [7, 11) is 0. The van der Waals surface area contributed by atoms with Gasteiger partial charge in [-0.3, -0.25) is 4.79 Å². The molecule has 1 N–H and O–H groups in total. The fraction of sp³-hybridized carbons (Fsp3) is 0.286. The Morgan fingerprint density at radius 2 is 1.97 bits per heavy atom. The number of amides is 1. The monoisotopic (exact) mass is 456 g/mol. The van der Waals surface area contributed by atoms with Crippen molar-refractivity contribution in [2.45, 2.75) is 26.8 Å². The summed E-state index contributed by atoms with van der Waals surface area (Å²) in [6, 6.07) is 5.14. The van der Waals surface area contributed by atoms with Crippen molar-refractivity contribution in [1.82, 2.24) is 19.7 Å². The summed E-state index contributed by atoms with van der Waals surface area (Å²) in [6.07, 6.45) is 3.03. The zero-order chi connectivity index (χ0) is 22.8. The van der Waals surface area contributed by atoms with Gasteiger partial charge in [0.05, 0.1) is 12.2 Å². The third-order valence-electron chi connectivity index (χ3n) is 4.96. The SMILES string of the molecule is CCOC(=O)C1=C(C)N(CC(=O)Nc2ncc(C)s2)c2ncnn2[C@@H]1c1ccc(F)cc1. The van der Waals surface area contributed by atoms with Gasteiger partial charge < -0.3 is 15.0 Å². The van der Waals surface area contributed by atoms with E-state index in [-0.39, 0.29) is 19.1 Å². The molecule has 0 spiro atoms. The van der Waals surface area contributed by atoms with Crippen LogP contribution < -0.4 is 10.2 Å². The molecule has 1 atom stereocenters. The minimum Gasteiger partial charge on any atom is -0.463 e. The van der Waals surface area contributed by atoms with Gasteiger partial charge in [0.2, 0.25) is 11.9 Å².